The van der Waals surface area contributed by atoms with Crippen LogP contribution >= 0.6 is 11.8 Å². The lowest BCUT2D eigenvalue weighted by Gasteiger charge is -2.23. The number of likely N-dealkylation sites (N-methyl/N-ethyl adjacent to an activating group) is 1. The van der Waals surface area contributed by atoms with Gasteiger partial charge in [-0.25, -0.2) is 0 Å². The first-order valence-corrected chi connectivity index (χ1v) is 10.9. The van der Waals surface area contributed by atoms with Gasteiger partial charge >= 0.3 is 5.97 Å². The largest absolute Gasteiger partial charge is 0.455 e. The fraction of sp³-hybridized carbons (Fsp3) is 0.524. The van der Waals surface area contributed by atoms with Gasteiger partial charge in [-0.05, 0) is 51.3 Å². The van der Waals surface area contributed by atoms with Gasteiger partial charge in [0.1, 0.15) is 0 Å². The van der Waals surface area contributed by atoms with Crippen LogP contribution in [0.5, 0.6) is 0 Å². The Labute approximate surface area is 181 Å². The topological polar surface area (TPSA) is 96.0 Å². The zero-order chi connectivity index (χ0) is 22.5. The summed E-state index contributed by atoms with van der Waals surface area (Å²) in [5.41, 5.74) is 0.332. The molecule has 1 unspecified atom stereocenters. The van der Waals surface area contributed by atoms with Crippen LogP contribution in [0.25, 0.3) is 0 Å². The standard InChI is InChI=1S/C21H29N3O5S/c1-21(2,3)22-17(25)12-23(4)19(27)13-29-20(28)14-10-18(26)24(11-14)15-6-8-16(30-5)9-7-15/h6-9,14H,10-13H2,1-5H3,(H,22,25). The summed E-state index contributed by atoms with van der Waals surface area (Å²) in [6, 6.07) is 7.53. The molecule has 9 heteroatoms. The molecule has 1 saturated heterocycles. The number of ether oxygens (including phenoxy) is 1. The molecule has 2 rings (SSSR count). The average Bonchev–Trinajstić information content (AvgIpc) is 3.06. The third-order valence-corrected chi connectivity index (χ3v) is 5.24. The molecule has 0 bridgehead atoms. The Morgan fingerprint density at radius 1 is 1.23 bits per heavy atom. The second kappa shape index (κ2) is 9.97. The van der Waals surface area contributed by atoms with E-state index in [1.807, 2.05) is 51.3 Å². The summed E-state index contributed by atoms with van der Waals surface area (Å²) < 4.78 is 5.12. The number of thioether (sulfide) groups is 1. The molecule has 1 fully saturated rings. The number of amides is 3. The first kappa shape index (κ1) is 23.7. The summed E-state index contributed by atoms with van der Waals surface area (Å²) in [5.74, 6) is -2.15. The van der Waals surface area contributed by atoms with Crippen LogP contribution < -0.4 is 10.2 Å². The number of nitrogens with zero attached hydrogens (tertiary/aromatic N) is 2. The minimum atomic E-state index is -0.625. The Balaban J connectivity index is 1.83. The number of carbonyl (C=O) groups is 4. The Morgan fingerprint density at radius 2 is 1.87 bits per heavy atom. The molecule has 3 amide bonds. The van der Waals surface area contributed by atoms with E-state index in [9.17, 15) is 19.2 Å². The summed E-state index contributed by atoms with van der Waals surface area (Å²) in [6.07, 6.45) is 2.01. The molecule has 1 aromatic carbocycles. The van der Waals surface area contributed by atoms with Crippen molar-refractivity contribution in [2.75, 3.05) is 37.9 Å². The lowest BCUT2D eigenvalue weighted by atomic mass is 10.1. The van der Waals surface area contributed by atoms with Crippen molar-refractivity contribution < 1.29 is 23.9 Å². The molecular weight excluding hydrogens is 406 g/mol. The molecule has 1 heterocycles. The smallest absolute Gasteiger partial charge is 0.311 e. The molecule has 8 nitrogen and oxygen atoms in total. The first-order valence-electron chi connectivity index (χ1n) is 9.66. The zero-order valence-corrected chi connectivity index (χ0v) is 18.9. The molecule has 0 aromatic heterocycles. The van der Waals surface area contributed by atoms with Crippen LogP contribution in [0.3, 0.4) is 0 Å². The van der Waals surface area contributed by atoms with E-state index >= 15 is 0 Å². The highest BCUT2D eigenvalue weighted by Gasteiger charge is 2.36. The summed E-state index contributed by atoms with van der Waals surface area (Å²) in [4.78, 5) is 52.6. The minimum Gasteiger partial charge on any atom is -0.455 e. The Bertz CT molecular complexity index is 804. The lowest BCUT2D eigenvalue weighted by Crippen LogP contribution is -2.47. The monoisotopic (exact) mass is 435 g/mol. The van der Waals surface area contributed by atoms with Crippen molar-refractivity contribution in [2.24, 2.45) is 5.92 Å². The maximum atomic E-state index is 12.4. The van der Waals surface area contributed by atoms with E-state index in [4.69, 9.17) is 4.74 Å². The highest BCUT2D eigenvalue weighted by Crippen LogP contribution is 2.27. The Morgan fingerprint density at radius 3 is 2.43 bits per heavy atom. The second-order valence-corrected chi connectivity index (χ2v) is 9.14. The number of nitrogens with one attached hydrogen (secondary N) is 1. The van der Waals surface area contributed by atoms with Crippen molar-refractivity contribution in [3.05, 3.63) is 24.3 Å². The summed E-state index contributed by atoms with van der Waals surface area (Å²) in [6.45, 7) is 5.16. The van der Waals surface area contributed by atoms with E-state index in [1.165, 1.54) is 11.9 Å². The van der Waals surface area contributed by atoms with Crippen LogP contribution in [0, 0.1) is 5.92 Å². The van der Waals surface area contributed by atoms with Crippen LogP contribution in [0.2, 0.25) is 0 Å². The summed E-state index contributed by atoms with van der Waals surface area (Å²) >= 11 is 1.61. The fourth-order valence-corrected chi connectivity index (χ4v) is 3.41. The van der Waals surface area contributed by atoms with E-state index in [-0.39, 0.29) is 31.3 Å². The van der Waals surface area contributed by atoms with Gasteiger partial charge in [-0.3, -0.25) is 19.2 Å². The van der Waals surface area contributed by atoms with Gasteiger partial charge in [-0.1, -0.05) is 0 Å². The minimum absolute atomic E-state index is 0.0428. The van der Waals surface area contributed by atoms with Crippen LogP contribution in [0.15, 0.2) is 29.2 Å². The van der Waals surface area contributed by atoms with E-state index in [1.54, 1.807) is 16.7 Å². The van der Waals surface area contributed by atoms with Crippen molar-refractivity contribution in [2.45, 2.75) is 37.6 Å². The van der Waals surface area contributed by atoms with E-state index in [0.29, 0.717) is 0 Å². The van der Waals surface area contributed by atoms with E-state index in [2.05, 4.69) is 5.32 Å². The lowest BCUT2D eigenvalue weighted by molar-refractivity contribution is -0.155. The number of esters is 1. The quantitative estimate of drug-likeness (QED) is 0.517. The van der Waals surface area contributed by atoms with Crippen molar-refractivity contribution >= 4 is 41.1 Å². The van der Waals surface area contributed by atoms with Crippen molar-refractivity contribution in [1.82, 2.24) is 10.2 Å². The van der Waals surface area contributed by atoms with Crippen molar-refractivity contribution in [1.29, 1.82) is 0 Å². The molecule has 1 aliphatic rings. The van der Waals surface area contributed by atoms with E-state index < -0.39 is 29.9 Å². The van der Waals surface area contributed by atoms with Gasteiger partial charge in [0.25, 0.3) is 5.91 Å². The van der Waals surface area contributed by atoms with Gasteiger partial charge in [0.15, 0.2) is 6.61 Å². The number of hydrogen-bond acceptors (Lipinski definition) is 6. The van der Waals surface area contributed by atoms with Crippen LogP contribution in [0.4, 0.5) is 5.69 Å². The first-order chi connectivity index (χ1) is 14.0. The molecule has 0 aliphatic carbocycles. The number of hydrogen-bond donors (Lipinski definition) is 1. The average molecular weight is 436 g/mol. The predicted molar refractivity (Wildman–Crippen MR) is 115 cm³/mol. The third kappa shape index (κ3) is 6.76. The molecular formula is C21H29N3O5S. The highest BCUT2D eigenvalue weighted by molar-refractivity contribution is 7.98. The SMILES string of the molecule is CSc1ccc(N2CC(C(=O)OCC(=O)N(C)CC(=O)NC(C)(C)C)CC2=O)cc1. The second-order valence-electron chi connectivity index (χ2n) is 8.26. The molecule has 1 aromatic rings. The van der Waals surface area contributed by atoms with Gasteiger partial charge in [-0.2, -0.15) is 0 Å². The summed E-state index contributed by atoms with van der Waals surface area (Å²) in [5, 5.41) is 2.76. The molecule has 0 radical (unpaired) electrons. The molecule has 30 heavy (non-hydrogen) atoms. The maximum absolute atomic E-state index is 12.4. The molecule has 1 atom stereocenters. The number of rotatable bonds is 7. The third-order valence-electron chi connectivity index (χ3n) is 4.50. The number of anilines is 1. The maximum Gasteiger partial charge on any atom is 0.311 e. The number of carbonyl (C=O) groups excluding carboxylic acids is 4. The van der Waals surface area contributed by atoms with Crippen LogP contribution in [0.1, 0.15) is 27.2 Å². The van der Waals surface area contributed by atoms with Crippen molar-refractivity contribution in [3.8, 4) is 0 Å². The van der Waals surface area contributed by atoms with Gasteiger partial charge < -0.3 is 19.9 Å². The molecule has 1 aliphatic heterocycles. The van der Waals surface area contributed by atoms with Crippen molar-refractivity contribution in [3.63, 3.8) is 0 Å². The number of benzene rings is 1. The Kier molecular flexibility index (Phi) is 7.89. The van der Waals surface area contributed by atoms with Gasteiger partial charge in [0, 0.05) is 36.1 Å². The fourth-order valence-electron chi connectivity index (χ4n) is 3.00. The van der Waals surface area contributed by atoms with Gasteiger partial charge in [0.2, 0.25) is 11.8 Å². The van der Waals surface area contributed by atoms with Crippen LogP contribution in [-0.2, 0) is 23.9 Å². The van der Waals surface area contributed by atoms with Crippen LogP contribution in [-0.4, -0.2) is 67.1 Å². The predicted octanol–water partition coefficient (Wildman–Crippen LogP) is 1.68. The van der Waals surface area contributed by atoms with Gasteiger partial charge in [-0.15, -0.1) is 11.8 Å². The summed E-state index contributed by atoms with van der Waals surface area (Å²) in [7, 11) is 1.47. The molecule has 1 N–H and O–H groups in total. The molecule has 0 saturated carbocycles. The molecule has 164 valence electrons. The zero-order valence-electron chi connectivity index (χ0n) is 18.1. The van der Waals surface area contributed by atoms with E-state index in [0.717, 1.165) is 10.6 Å². The Hall–Kier alpha value is -2.55. The molecule has 0 spiro atoms. The normalized spacial score (nSPS) is 16.4. The highest BCUT2D eigenvalue weighted by atomic mass is 32.2. The van der Waals surface area contributed by atoms with Gasteiger partial charge in [0.05, 0.1) is 12.5 Å².